The number of hydrogen-bond donors (Lipinski definition) is 0. The Morgan fingerprint density at radius 1 is 1.16 bits per heavy atom. The second-order valence-corrected chi connectivity index (χ2v) is 6.89. The molecular weight excluding hydrogens is 321 g/mol. The number of carbonyl (C=O) groups is 1. The fraction of sp³-hybridized carbons (Fsp3) is 0.350. The third-order valence-electron chi connectivity index (χ3n) is 3.69. The van der Waals surface area contributed by atoms with Gasteiger partial charge in [0, 0.05) is 0 Å². The summed E-state index contributed by atoms with van der Waals surface area (Å²) in [6, 6.07) is 2.88. The summed E-state index contributed by atoms with van der Waals surface area (Å²) in [5, 5.41) is 0. The van der Waals surface area contributed by atoms with Crippen LogP contribution in [0.5, 0.6) is 5.75 Å². The maximum absolute atomic E-state index is 13.4. The molecule has 5 heteroatoms. The summed E-state index contributed by atoms with van der Waals surface area (Å²) in [5.41, 5.74) is -1.40. The van der Waals surface area contributed by atoms with Crippen molar-refractivity contribution in [1.82, 2.24) is 4.90 Å². The highest BCUT2D eigenvalue weighted by Crippen LogP contribution is 2.37. The molecule has 0 atom stereocenters. The third kappa shape index (κ3) is 3.92. The molecule has 1 heterocycles. The van der Waals surface area contributed by atoms with Crippen molar-refractivity contribution >= 4 is 6.09 Å². The second kappa shape index (κ2) is 6.39. The highest BCUT2D eigenvalue weighted by Gasteiger charge is 2.50. The quantitative estimate of drug-likeness (QED) is 0.828. The van der Waals surface area contributed by atoms with Crippen LogP contribution in [0, 0.1) is 5.82 Å². The monoisotopic (exact) mass is 348 g/mol. The molecule has 1 aliphatic heterocycles. The molecule has 3 rings (SSSR count). The molecule has 1 fully saturated rings. The SMILES string of the molecule is [2H]c1c([2H])c([2H])c(OC2(c3ccc(F)cc3)CN(C(=O)OC(C)(C)C)C2)c([2H])c1[2H]. The van der Waals surface area contributed by atoms with E-state index >= 15 is 0 Å². The first kappa shape index (κ1) is 11.9. The van der Waals surface area contributed by atoms with E-state index in [2.05, 4.69) is 0 Å². The van der Waals surface area contributed by atoms with Crippen LogP contribution in [0.2, 0.25) is 0 Å². The normalized spacial score (nSPS) is 18.9. The van der Waals surface area contributed by atoms with Crippen LogP contribution in [0.3, 0.4) is 0 Å². The van der Waals surface area contributed by atoms with Gasteiger partial charge in [-0.3, -0.25) is 4.90 Å². The van der Waals surface area contributed by atoms with Gasteiger partial charge in [0.25, 0.3) is 0 Å². The average Bonchev–Trinajstić information content (AvgIpc) is 2.63. The number of para-hydroxylation sites is 1. The summed E-state index contributed by atoms with van der Waals surface area (Å²) in [6.45, 7) is 5.23. The smallest absolute Gasteiger partial charge is 0.410 e. The van der Waals surface area contributed by atoms with Gasteiger partial charge in [0.1, 0.15) is 17.2 Å². The highest BCUT2D eigenvalue weighted by atomic mass is 19.1. The van der Waals surface area contributed by atoms with Crippen molar-refractivity contribution in [3.05, 3.63) is 65.9 Å². The van der Waals surface area contributed by atoms with Crippen molar-refractivity contribution in [2.45, 2.75) is 32.0 Å². The summed E-state index contributed by atoms with van der Waals surface area (Å²) < 4.78 is 64.4. The zero-order chi connectivity index (χ0) is 22.4. The number of halogens is 1. The van der Waals surface area contributed by atoms with Crippen molar-refractivity contribution in [3.63, 3.8) is 0 Å². The molecule has 132 valence electrons. The topological polar surface area (TPSA) is 38.8 Å². The van der Waals surface area contributed by atoms with E-state index in [1.54, 1.807) is 20.8 Å². The molecule has 0 spiro atoms. The lowest BCUT2D eigenvalue weighted by molar-refractivity contribution is -0.0863. The summed E-state index contributed by atoms with van der Waals surface area (Å²) >= 11 is 0. The van der Waals surface area contributed by atoms with Gasteiger partial charge in [0.05, 0.1) is 19.9 Å². The van der Waals surface area contributed by atoms with Crippen LogP contribution in [0.15, 0.2) is 54.5 Å². The van der Waals surface area contributed by atoms with Crippen LogP contribution in [0.25, 0.3) is 0 Å². The van der Waals surface area contributed by atoms with Gasteiger partial charge < -0.3 is 9.47 Å². The summed E-state index contributed by atoms with van der Waals surface area (Å²) in [7, 11) is 0. The maximum atomic E-state index is 13.4. The lowest BCUT2D eigenvalue weighted by atomic mass is 9.86. The highest BCUT2D eigenvalue weighted by molar-refractivity contribution is 5.70. The Hall–Kier alpha value is -2.56. The maximum Gasteiger partial charge on any atom is 0.410 e. The Kier molecular flexibility index (Phi) is 3.04. The predicted octanol–water partition coefficient (Wildman–Crippen LogP) is 4.35. The first-order chi connectivity index (χ1) is 13.8. The Morgan fingerprint density at radius 2 is 1.76 bits per heavy atom. The number of nitrogens with zero attached hydrogens (tertiary/aromatic N) is 1. The number of benzene rings is 2. The molecule has 0 aromatic heterocycles. The van der Waals surface area contributed by atoms with Crippen LogP contribution in [-0.2, 0) is 10.3 Å². The van der Waals surface area contributed by atoms with E-state index in [0.717, 1.165) is 0 Å². The minimum atomic E-state index is -1.21. The Balaban J connectivity index is 1.98. The van der Waals surface area contributed by atoms with Gasteiger partial charge in [-0.15, -0.1) is 0 Å². The van der Waals surface area contributed by atoms with Gasteiger partial charge in [0.15, 0.2) is 5.60 Å². The molecule has 0 aliphatic carbocycles. The molecule has 25 heavy (non-hydrogen) atoms. The second-order valence-electron chi connectivity index (χ2n) is 6.89. The van der Waals surface area contributed by atoms with Crippen LogP contribution in [0.4, 0.5) is 9.18 Å². The summed E-state index contributed by atoms with van der Waals surface area (Å²) in [5.74, 6) is -0.783. The average molecular weight is 348 g/mol. The number of rotatable bonds is 3. The van der Waals surface area contributed by atoms with Crippen molar-refractivity contribution in [3.8, 4) is 5.75 Å². The summed E-state index contributed by atoms with van der Waals surface area (Å²) in [4.78, 5) is 13.8. The predicted molar refractivity (Wildman–Crippen MR) is 93.0 cm³/mol. The standard InChI is InChI=1S/C20H22FNO3/c1-19(2,3)25-18(23)22-13-20(14-22,15-9-11-16(21)12-10-15)24-17-7-5-4-6-8-17/h4-12H,13-14H2,1-3H3/i4D,5D,6D,7D,8D. The van der Waals surface area contributed by atoms with E-state index in [1.165, 1.54) is 29.2 Å². The molecule has 0 saturated carbocycles. The van der Waals surface area contributed by atoms with E-state index < -0.39 is 53.3 Å². The van der Waals surface area contributed by atoms with Crippen LogP contribution in [0.1, 0.15) is 33.2 Å². The minimum absolute atomic E-state index is 0.00964. The van der Waals surface area contributed by atoms with Crippen LogP contribution < -0.4 is 4.74 Å². The molecule has 1 saturated heterocycles. The molecular formula is C20H22FNO3. The largest absolute Gasteiger partial charge is 0.479 e. The minimum Gasteiger partial charge on any atom is -0.479 e. The number of likely N-dealkylation sites (tertiary alicyclic amines) is 1. The first-order valence-electron chi connectivity index (χ1n) is 10.3. The molecule has 4 nitrogen and oxygen atoms in total. The molecule has 2 aromatic carbocycles. The Morgan fingerprint density at radius 3 is 2.32 bits per heavy atom. The van der Waals surface area contributed by atoms with Crippen molar-refractivity contribution in [1.29, 1.82) is 0 Å². The van der Waals surface area contributed by atoms with E-state index in [4.69, 9.17) is 16.3 Å². The van der Waals surface area contributed by atoms with Gasteiger partial charge in [-0.1, -0.05) is 30.3 Å². The van der Waals surface area contributed by atoms with Gasteiger partial charge in [-0.05, 0) is 50.6 Å². The summed E-state index contributed by atoms with van der Waals surface area (Å²) in [6.07, 6.45) is -0.565. The lowest BCUT2D eigenvalue weighted by Crippen LogP contribution is -2.64. The molecule has 0 bridgehead atoms. The molecule has 0 unspecified atom stereocenters. The molecule has 0 radical (unpaired) electrons. The van der Waals surface area contributed by atoms with Gasteiger partial charge in [-0.25, -0.2) is 9.18 Å². The Labute approximate surface area is 154 Å². The zero-order valence-electron chi connectivity index (χ0n) is 19.3. The number of ether oxygens (including phenoxy) is 2. The van der Waals surface area contributed by atoms with Crippen molar-refractivity contribution in [2.24, 2.45) is 0 Å². The van der Waals surface area contributed by atoms with Crippen molar-refractivity contribution in [2.75, 3.05) is 13.1 Å². The fourth-order valence-corrected chi connectivity index (χ4v) is 2.57. The Bertz CT molecular complexity index is 956. The van der Waals surface area contributed by atoms with E-state index in [9.17, 15) is 9.18 Å². The van der Waals surface area contributed by atoms with E-state index in [0.29, 0.717) is 5.56 Å². The number of amides is 1. The van der Waals surface area contributed by atoms with Gasteiger partial charge in [-0.2, -0.15) is 0 Å². The molecule has 1 aliphatic rings. The lowest BCUT2D eigenvalue weighted by Gasteiger charge is -2.49. The van der Waals surface area contributed by atoms with Gasteiger partial charge in [0.2, 0.25) is 0 Å². The van der Waals surface area contributed by atoms with Crippen molar-refractivity contribution < 1.29 is 25.5 Å². The molecule has 0 N–H and O–H groups in total. The molecule has 2 aromatic rings. The van der Waals surface area contributed by atoms with E-state index in [-0.39, 0.29) is 18.8 Å². The zero-order valence-corrected chi connectivity index (χ0v) is 14.3. The molecule has 1 amide bonds. The van der Waals surface area contributed by atoms with Crippen LogP contribution >= 0.6 is 0 Å². The fourth-order valence-electron chi connectivity index (χ4n) is 2.57. The third-order valence-corrected chi connectivity index (χ3v) is 3.69. The van der Waals surface area contributed by atoms with Gasteiger partial charge >= 0.3 is 6.09 Å². The van der Waals surface area contributed by atoms with E-state index in [1.807, 2.05) is 0 Å². The van der Waals surface area contributed by atoms with Crippen LogP contribution in [-0.4, -0.2) is 29.7 Å². The first-order valence-corrected chi connectivity index (χ1v) is 7.84. The number of hydrogen-bond acceptors (Lipinski definition) is 3. The number of carbonyl (C=O) groups excluding carboxylic acids is 1.